The van der Waals surface area contributed by atoms with Gasteiger partial charge in [0.25, 0.3) is 0 Å². The molecule has 0 aliphatic heterocycles. The second kappa shape index (κ2) is 6.68. The van der Waals surface area contributed by atoms with Crippen molar-refractivity contribution in [3.8, 4) is 0 Å². The number of anilines is 1. The van der Waals surface area contributed by atoms with Crippen LogP contribution in [0.15, 0.2) is 30.3 Å². The van der Waals surface area contributed by atoms with E-state index in [0.29, 0.717) is 23.2 Å². The van der Waals surface area contributed by atoms with Gasteiger partial charge in [0.15, 0.2) is 0 Å². The number of rotatable bonds is 5. The zero-order valence-electron chi connectivity index (χ0n) is 11.6. The fraction of sp³-hybridized carbons (Fsp3) is 0.333. The topological polar surface area (TPSA) is 58.0 Å². The average molecular weight is 292 g/mol. The smallest absolute Gasteiger partial charge is 0.137 e. The Labute approximate surface area is 123 Å². The maximum Gasteiger partial charge on any atom is 0.137 e. The molecule has 0 bridgehead atoms. The lowest BCUT2D eigenvalue weighted by atomic mass is 10.1. The summed E-state index contributed by atoms with van der Waals surface area (Å²) in [5.41, 5.74) is 1.79. The number of aliphatic hydroxyl groups is 1. The predicted octanol–water partition coefficient (Wildman–Crippen LogP) is 3.15. The Morgan fingerprint density at radius 1 is 1.25 bits per heavy atom. The largest absolute Gasteiger partial charge is 0.394 e. The summed E-state index contributed by atoms with van der Waals surface area (Å²) < 4.78 is 0. The standard InChI is InChI=1S/C15H18ClN3O/c1-3-13-18-14(16)10(2)15(19-13)17-12(9-20)11-7-5-4-6-8-11/h4-8,12,20H,3,9H2,1-2H3,(H,17,18,19). The van der Waals surface area contributed by atoms with Crippen molar-refractivity contribution in [2.75, 3.05) is 11.9 Å². The van der Waals surface area contributed by atoms with Gasteiger partial charge in [-0.2, -0.15) is 0 Å². The summed E-state index contributed by atoms with van der Waals surface area (Å²) in [6.45, 7) is 3.82. The highest BCUT2D eigenvalue weighted by molar-refractivity contribution is 6.30. The van der Waals surface area contributed by atoms with E-state index < -0.39 is 0 Å². The van der Waals surface area contributed by atoms with Crippen LogP contribution >= 0.6 is 11.6 Å². The van der Waals surface area contributed by atoms with Crippen LogP contribution < -0.4 is 5.32 Å². The van der Waals surface area contributed by atoms with Gasteiger partial charge in [0.05, 0.1) is 12.6 Å². The molecule has 1 unspecified atom stereocenters. The van der Waals surface area contributed by atoms with Crippen molar-refractivity contribution in [3.63, 3.8) is 0 Å². The van der Waals surface area contributed by atoms with Gasteiger partial charge in [-0.05, 0) is 12.5 Å². The Morgan fingerprint density at radius 3 is 2.55 bits per heavy atom. The number of aliphatic hydroxyl groups excluding tert-OH is 1. The van der Waals surface area contributed by atoms with Crippen LogP contribution in [0.2, 0.25) is 5.15 Å². The summed E-state index contributed by atoms with van der Waals surface area (Å²) in [6.07, 6.45) is 0.712. The molecule has 1 aromatic carbocycles. The van der Waals surface area contributed by atoms with E-state index in [1.165, 1.54) is 0 Å². The lowest BCUT2D eigenvalue weighted by Gasteiger charge is -2.19. The van der Waals surface area contributed by atoms with Crippen molar-refractivity contribution in [1.82, 2.24) is 9.97 Å². The summed E-state index contributed by atoms with van der Waals surface area (Å²) >= 11 is 6.12. The average Bonchev–Trinajstić information content (AvgIpc) is 2.49. The van der Waals surface area contributed by atoms with E-state index in [1.807, 2.05) is 44.2 Å². The van der Waals surface area contributed by atoms with Gasteiger partial charge in [0, 0.05) is 12.0 Å². The van der Waals surface area contributed by atoms with E-state index in [2.05, 4.69) is 15.3 Å². The van der Waals surface area contributed by atoms with E-state index in [-0.39, 0.29) is 12.6 Å². The van der Waals surface area contributed by atoms with Gasteiger partial charge in [-0.15, -0.1) is 0 Å². The van der Waals surface area contributed by atoms with E-state index in [9.17, 15) is 5.11 Å². The second-order valence-electron chi connectivity index (χ2n) is 4.55. The summed E-state index contributed by atoms with van der Waals surface area (Å²) in [7, 11) is 0. The Morgan fingerprint density at radius 2 is 1.95 bits per heavy atom. The number of nitrogens with one attached hydrogen (secondary N) is 1. The Bertz CT molecular complexity index is 575. The quantitative estimate of drug-likeness (QED) is 0.831. The van der Waals surface area contributed by atoms with E-state index in [4.69, 9.17) is 11.6 Å². The number of benzene rings is 1. The van der Waals surface area contributed by atoms with Crippen molar-refractivity contribution in [1.29, 1.82) is 0 Å². The molecule has 0 aliphatic carbocycles. The van der Waals surface area contributed by atoms with Crippen molar-refractivity contribution in [3.05, 3.63) is 52.4 Å². The van der Waals surface area contributed by atoms with Crippen molar-refractivity contribution >= 4 is 17.4 Å². The molecule has 1 aromatic heterocycles. The molecule has 2 aromatic rings. The molecule has 0 aliphatic rings. The van der Waals surface area contributed by atoms with Gasteiger partial charge in [0.2, 0.25) is 0 Å². The lowest BCUT2D eigenvalue weighted by Crippen LogP contribution is -2.17. The van der Waals surface area contributed by atoms with Crippen molar-refractivity contribution in [2.45, 2.75) is 26.3 Å². The van der Waals surface area contributed by atoms with Crippen LogP contribution in [-0.4, -0.2) is 21.7 Å². The molecule has 0 fully saturated rings. The van der Waals surface area contributed by atoms with Crippen molar-refractivity contribution < 1.29 is 5.11 Å². The van der Waals surface area contributed by atoms with Crippen molar-refractivity contribution in [2.24, 2.45) is 0 Å². The molecule has 0 saturated carbocycles. The number of nitrogens with zero attached hydrogens (tertiary/aromatic N) is 2. The van der Waals surface area contributed by atoms with Crippen LogP contribution in [0.3, 0.4) is 0 Å². The minimum atomic E-state index is -0.217. The first-order valence-electron chi connectivity index (χ1n) is 6.61. The van der Waals surface area contributed by atoms with E-state index in [0.717, 1.165) is 11.1 Å². The van der Waals surface area contributed by atoms with Gasteiger partial charge in [-0.3, -0.25) is 0 Å². The normalized spacial score (nSPS) is 12.2. The number of hydrogen-bond acceptors (Lipinski definition) is 4. The Kier molecular flexibility index (Phi) is 4.93. The van der Waals surface area contributed by atoms with Crippen LogP contribution in [-0.2, 0) is 6.42 Å². The zero-order valence-corrected chi connectivity index (χ0v) is 12.4. The molecular formula is C15H18ClN3O. The number of halogens is 1. The van der Waals surface area contributed by atoms with Gasteiger partial charge >= 0.3 is 0 Å². The first-order chi connectivity index (χ1) is 9.65. The van der Waals surface area contributed by atoms with E-state index in [1.54, 1.807) is 0 Å². The molecule has 1 atom stereocenters. The van der Waals surface area contributed by atoms with E-state index >= 15 is 0 Å². The monoisotopic (exact) mass is 291 g/mol. The van der Waals surface area contributed by atoms with Gasteiger partial charge < -0.3 is 10.4 Å². The fourth-order valence-corrected chi connectivity index (χ4v) is 2.10. The molecule has 20 heavy (non-hydrogen) atoms. The maximum atomic E-state index is 9.59. The Balaban J connectivity index is 2.30. The number of aromatic nitrogens is 2. The first-order valence-corrected chi connectivity index (χ1v) is 6.98. The molecule has 2 rings (SSSR count). The maximum absolute atomic E-state index is 9.59. The van der Waals surface area contributed by atoms with Crippen LogP contribution in [0, 0.1) is 6.92 Å². The summed E-state index contributed by atoms with van der Waals surface area (Å²) in [6, 6.07) is 9.54. The molecule has 4 nitrogen and oxygen atoms in total. The third-order valence-electron chi connectivity index (χ3n) is 3.14. The molecular weight excluding hydrogens is 274 g/mol. The molecule has 0 saturated heterocycles. The van der Waals surface area contributed by atoms with Crippen LogP contribution in [0.4, 0.5) is 5.82 Å². The van der Waals surface area contributed by atoms with Gasteiger partial charge in [-0.25, -0.2) is 9.97 Å². The highest BCUT2D eigenvalue weighted by Gasteiger charge is 2.14. The molecule has 0 spiro atoms. The SMILES string of the molecule is CCc1nc(Cl)c(C)c(NC(CO)c2ccccc2)n1. The lowest BCUT2D eigenvalue weighted by molar-refractivity contribution is 0.276. The van der Waals surface area contributed by atoms with Crippen LogP contribution in [0.5, 0.6) is 0 Å². The third-order valence-corrected chi connectivity index (χ3v) is 3.51. The third kappa shape index (κ3) is 3.26. The highest BCUT2D eigenvalue weighted by atomic mass is 35.5. The molecule has 0 amide bonds. The molecule has 5 heteroatoms. The predicted molar refractivity (Wildman–Crippen MR) is 81.0 cm³/mol. The van der Waals surface area contributed by atoms with Gasteiger partial charge in [-0.1, -0.05) is 48.9 Å². The zero-order chi connectivity index (χ0) is 14.5. The molecule has 0 radical (unpaired) electrons. The molecule has 2 N–H and O–H groups in total. The Hall–Kier alpha value is -1.65. The summed E-state index contributed by atoms with van der Waals surface area (Å²) in [4.78, 5) is 8.66. The summed E-state index contributed by atoms with van der Waals surface area (Å²) in [5.74, 6) is 1.36. The number of hydrogen-bond donors (Lipinski definition) is 2. The fourth-order valence-electron chi connectivity index (χ4n) is 1.92. The minimum absolute atomic E-state index is 0.0213. The van der Waals surface area contributed by atoms with Crippen LogP contribution in [0.1, 0.15) is 29.9 Å². The van der Waals surface area contributed by atoms with Crippen LogP contribution in [0.25, 0.3) is 0 Å². The highest BCUT2D eigenvalue weighted by Crippen LogP contribution is 2.24. The number of aryl methyl sites for hydroxylation is 1. The molecule has 1 heterocycles. The first kappa shape index (κ1) is 14.8. The summed E-state index contributed by atoms with van der Waals surface area (Å²) in [5, 5.41) is 13.3. The van der Waals surface area contributed by atoms with Gasteiger partial charge in [0.1, 0.15) is 16.8 Å². The molecule has 106 valence electrons. The second-order valence-corrected chi connectivity index (χ2v) is 4.91. The minimum Gasteiger partial charge on any atom is -0.394 e.